The van der Waals surface area contributed by atoms with Crippen molar-refractivity contribution in [3.05, 3.63) is 59.7 Å². The fourth-order valence-corrected chi connectivity index (χ4v) is 3.30. The number of nitrogens with two attached hydrogens (primary N) is 1. The Balaban J connectivity index is 2.24. The number of benzene rings is 2. The highest BCUT2D eigenvalue weighted by atomic mass is 16.1. The number of carbonyl (C=O) groups is 1. The molecule has 0 amide bonds. The lowest BCUT2D eigenvalue weighted by molar-refractivity contribution is 0.0965. The molecule has 1 unspecified atom stereocenters. The summed E-state index contributed by atoms with van der Waals surface area (Å²) in [5, 5.41) is 0. The van der Waals surface area contributed by atoms with E-state index in [2.05, 4.69) is 38.1 Å². The maximum Gasteiger partial charge on any atom is 0.165 e. The second-order valence-electron chi connectivity index (χ2n) is 6.85. The van der Waals surface area contributed by atoms with Crippen LogP contribution in [-0.2, 0) is 0 Å². The van der Waals surface area contributed by atoms with E-state index < -0.39 is 0 Å². The number of anilines is 1. The molecule has 3 heteroatoms. The fraction of sp³-hybridized carbons (Fsp3) is 0.381. The molecule has 0 saturated heterocycles. The molecule has 0 aliphatic carbocycles. The lowest BCUT2D eigenvalue weighted by atomic mass is 9.79. The minimum atomic E-state index is 0.147. The first kappa shape index (κ1) is 18.3. The molecule has 0 bridgehead atoms. The first-order chi connectivity index (χ1) is 11.5. The van der Waals surface area contributed by atoms with E-state index in [4.69, 9.17) is 5.73 Å². The van der Waals surface area contributed by atoms with Gasteiger partial charge in [-0.1, -0.05) is 81.0 Å². The molecular weight excluding hydrogens is 293 g/mol. The van der Waals surface area contributed by atoms with Crippen molar-refractivity contribution in [2.75, 3.05) is 5.73 Å². The molecule has 0 radical (unpaired) electrons. The van der Waals surface area contributed by atoms with Crippen LogP contribution < -0.4 is 11.2 Å². The van der Waals surface area contributed by atoms with Gasteiger partial charge in [-0.25, -0.2) is 0 Å². The summed E-state index contributed by atoms with van der Waals surface area (Å²) in [6, 6.07) is 16.1. The molecule has 2 rings (SSSR count). The molecule has 2 aromatic carbocycles. The van der Waals surface area contributed by atoms with Crippen LogP contribution >= 0.6 is 0 Å². The summed E-state index contributed by atoms with van der Waals surface area (Å²) in [6.45, 7) is 4.48. The molecule has 0 fully saturated rings. The molecule has 2 atom stereocenters. The van der Waals surface area contributed by atoms with Crippen molar-refractivity contribution < 1.29 is 4.79 Å². The molecule has 24 heavy (non-hydrogen) atoms. The van der Waals surface area contributed by atoms with Gasteiger partial charge in [0.05, 0.1) is 0 Å². The Morgan fingerprint density at radius 3 is 2.54 bits per heavy atom. The van der Waals surface area contributed by atoms with E-state index in [9.17, 15) is 4.79 Å². The number of ketones is 1. The van der Waals surface area contributed by atoms with Crippen molar-refractivity contribution in [3.63, 3.8) is 0 Å². The van der Waals surface area contributed by atoms with E-state index in [1.54, 1.807) is 0 Å². The Labute approximate surface area is 146 Å². The lowest BCUT2D eigenvalue weighted by Gasteiger charge is -2.24. The summed E-state index contributed by atoms with van der Waals surface area (Å²) in [5.74, 6) is 0.862. The molecule has 2 aromatic rings. The second-order valence-corrected chi connectivity index (χ2v) is 6.85. The van der Waals surface area contributed by atoms with E-state index in [-0.39, 0.29) is 11.7 Å². The van der Waals surface area contributed by atoms with E-state index in [0.717, 1.165) is 11.9 Å². The standard InChI is InChI=1S/C21H28BNO/c1-3-4-8-15(2)18(16-9-6-5-7-10-16)14-21(24)19-13-17(22)11-12-20(19)23/h5-7,9-13,15,18H,3-4,8,14,22-23H2,1-2H3/t15-,18?/m1/s1. The van der Waals surface area contributed by atoms with Gasteiger partial charge in [-0.3, -0.25) is 4.79 Å². The minimum Gasteiger partial charge on any atom is -0.398 e. The SMILES string of the molecule is Bc1ccc(N)c(C(=O)CC(c2ccccc2)[C@H](C)CCCC)c1. The largest absolute Gasteiger partial charge is 0.398 e. The third kappa shape index (κ3) is 4.73. The molecule has 0 spiro atoms. The number of carbonyl (C=O) groups excluding carboxylic acids is 1. The average Bonchev–Trinajstić information content (AvgIpc) is 2.60. The minimum absolute atomic E-state index is 0.147. The molecule has 0 aliphatic rings. The van der Waals surface area contributed by atoms with Crippen LogP contribution in [0.3, 0.4) is 0 Å². The highest BCUT2D eigenvalue weighted by Crippen LogP contribution is 2.33. The van der Waals surface area contributed by atoms with Crippen LogP contribution in [0.25, 0.3) is 0 Å². The third-order valence-electron chi connectivity index (χ3n) is 4.84. The summed E-state index contributed by atoms with van der Waals surface area (Å²) in [4.78, 5) is 12.9. The highest BCUT2D eigenvalue weighted by molar-refractivity contribution is 6.33. The van der Waals surface area contributed by atoms with Crippen LogP contribution in [0.2, 0.25) is 0 Å². The number of hydrogen-bond donors (Lipinski definition) is 1. The number of rotatable bonds is 8. The van der Waals surface area contributed by atoms with Crippen molar-refractivity contribution in [1.82, 2.24) is 0 Å². The summed E-state index contributed by atoms with van der Waals surface area (Å²) in [7, 11) is 1.99. The van der Waals surface area contributed by atoms with Crippen LogP contribution in [-0.4, -0.2) is 13.6 Å². The summed E-state index contributed by atoms with van der Waals surface area (Å²) < 4.78 is 0. The van der Waals surface area contributed by atoms with Gasteiger partial charge in [0.15, 0.2) is 5.78 Å². The maximum atomic E-state index is 12.9. The van der Waals surface area contributed by atoms with Gasteiger partial charge in [0.2, 0.25) is 0 Å². The normalized spacial score (nSPS) is 13.4. The van der Waals surface area contributed by atoms with Crippen molar-refractivity contribution >= 4 is 24.8 Å². The lowest BCUT2D eigenvalue weighted by Crippen LogP contribution is -2.17. The predicted octanol–water partition coefficient (Wildman–Crippen LogP) is 3.71. The second kappa shape index (κ2) is 8.72. The van der Waals surface area contributed by atoms with Crippen LogP contribution in [0.15, 0.2) is 48.5 Å². The zero-order valence-electron chi connectivity index (χ0n) is 15.1. The van der Waals surface area contributed by atoms with E-state index in [0.29, 0.717) is 23.6 Å². The molecule has 0 aliphatic heterocycles. The first-order valence-electron chi connectivity index (χ1n) is 8.97. The highest BCUT2D eigenvalue weighted by Gasteiger charge is 2.23. The summed E-state index contributed by atoms with van der Waals surface area (Å²) in [5.41, 5.74) is 9.61. The number of Topliss-reactive ketones (excluding diaryl/α,β-unsaturated/α-hetero) is 1. The summed E-state index contributed by atoms with van der Waals surface area (Å²) in [6.07, 6.45) is 4.05. The molecule has 126 valence electrons. The first-order valence-corrected chi connectivity index (χ1v) is 8.97. The number of unbranched alkanes of at least 4 members (excludes halogenated alkanes) is 1. The van der Waals surface area contributed by atoms with Gasteiger partial charge in [0, 0.05) is 17.7 Å². The van der Waals surface area contributed by atoms with Gasteiger partial charge in [-0.05, 0) is 23.5 Å². The van der Waals surface area contributed by atoms with Gasteiger partial charge in [-0.15, -0.1) is 0 Å². The van der Waals surface area contributed by atoms with Crippen molar-refractivity contribution in [1.29, 1.82) is 0 Å². The van der Waals surface area contributed by atoms with Crippen LogP contribution in [0.4, 0.5) is 5.69 Å². The topological polar surface area (TPSA) is 43.1 Å². The van der Waals surface area contributed by atoms with Gasteiger partial charge >= 0.3 is 0 Å². The monoisotopic (exact) mass is 321 g/mol. The zero-order chi connectivity index (χ0) is 17.5. The van der Waals surface area contributed by atoms with Crippen molar-refractivity contribution in [2.24, 2.45) is 5.92 Å². The predicted molar refractivity (Wildman–Crippen MR) is 106 cm³/mol. The molecule has 0 aromatic heterocycles. The smallest absolute Gasteiger partial charge is 0.165 e. The van der Waals surface area contributed by atoms with E-state index in [1.807, 2.05) is 32.1 Å². The van der Waals surface area contributed by atoms with Crippen LogP contribution in [0, 0.1) is 5.92 Å². The van der Waals surface area contributed by atoms with Gasteiger partial charge < -0.3 is 5.73 Å². The zero-order valence-corrected chi connectivity index (χ0v) is 15.1. The molecule has 2 N–H and O–H groups in total. The Hall–Kier alpha value is -2.03. The number of hydrogen-bond acceptors (Lipinski definition) is 2. The molecule has 2 nitrogen and oxygen atoms in total. The third-order valence-corrected chi connectivity index (χ3v) is 4.84. The van der Waals surface area contributed by atoms with Crippen LogP contribution in [0.5, 0.6) is 0 Å². The Morgan fingerprint density at radius 2 is 1.88 bits per heavy atom. The Morgan fingerprint density at radius 1 is 1.17 bits per heavy atom. The van der Waals surface area contributed by atoms with Gasteiger partial charge in [0.1, 0.15) is 7.85 Å². The van der Waals surface area contributed by atoms with Crippen molar-refractivity contribution in [2.45, 2.75) is 45.4 Å². The molecule has 0 heterocycles. The average molecular weight is 321 g/mol. The molecule has 0 saturated carbocycles. The van der Waals surface area contributed by atoms with Gasteiger partial charge in [-0.2, -0.15) is 0 Å². The Kier molecular flexibility index (Phi) is 6.66. The van der Waals surface area contributed by atoms with E-state index >= 15 is 0 Å². The molecular formula is C21H28BNO. The van der Waals surface area contributed by atoms with Crippen LogP contribution in [0.1, 0.15) is 61.4 Å². The maximum absolute atomic E-state index is 12.9. The van der Waals surface area contributed by atoms with E-state index in [1.165, 1.54) is 18.4 Å². The summed E-state index contributed by atoms with van der Waals surface area (Å²) >= 11 is 0. The number of nitrogen functional groups attached to an aromatic ring is 1. The Bertz CT molecular complexity index is 669. The van der Waals surface area contributed by atoms with Gasteiger partial charge in [0.25, 0.3) is 0 Å². The quantitative estimate of drug-likeness (QED) is 0.457. The van der Waals surface area contributed by atoms with Crippen molar-refractivity contribution in [3.8, 4) is 0 Å². The fourth-order valence-electron chi connectivity index (χ4n) is 3.30.